The average molecular weight is 980 g/mol. The maximum atomic E-state index is 9.55. The fourth-order valence-corrected chi connectivity index (χ4v) is 7.75. The lowest BCUT2D eigenvalue weighted by Crippen LogP contribution is -2.03. The summed E-state index contributed by atoms with van der Waals surface area (Å²) in [6.45, 7) is 16.1. The number of aliphatic carboxylic acids is 2. The molecule has 0 atom stereocenters. The predicted octanol–water partition coefficient (Wildman–Crippen LogP) is 10.5. The fourth-order valence-electron chi connectivity index (χ4n) is 7.10. The van der Waals surface area contributed by atoms with Crippen LogP contribution in [0.4, 0.5) is 11.6 Å². The number of imidazole rings is 3. The van der Waals surface area contributed by atoms with Gasteiger partial charge in [0, 0.05) is 47.9 Å². The zero-order valence-corrected chi connectivity index (χ0v) is 37.6. The average Bonchev–Trinajstić information content (AvgIpc) is 3.96. The Kier molecular flexibility index (Phi) is 17.2. The van der Waals surface area contributed by atoms with E-state index >= 15 is 0 Å². The number of fused-ring (bicyclic) bond motifs is 9. The molecule has 6 heterocycles. The molecule has 0 amide bonds. The molecule has 0 fully saturated rings. The van der Waals surface area contributed by atoms with E-state index in [0.29, 0.717) is 41.5 Å². The van der Waals surface area contributed by atoms with E-state index < -0.39 is 11.9 Å². The van der Waals surface area contributed by atoms with Gasteiger partial charge in [0.15, 0.2) is 11.6 Å². The van der Waals surface area contributed by atoms with Gasteiger partial charge in [-0.2, -0.15) is 0 Å². The molecule has 3 aromatic carbocycles. The van der Waals surface area contributed by atoms with Crippen molar-refractivity contribution in [2.45, 2.75) is 76.0 Å². The van der Waals surface area contributed by atoms with Crippen molar-refractivity contribution in [3.05, 3.63) is 108 Å². The van der Waals surface area contributed by atoms with E-state index in [1.807, 2.05) is 61.4 Å². The summed E-state index contributed by atoms with van der Waals surface area (Å²) >= 11 is 2.27. The molecule has 0 aliphatic heterocycles. The van der Waals surface area contributed by atoms with Gasteiger partial charge < -0.3 is 35.4 Å². The quantitative estimate of drug-likeness (QED) is 0.0635. The van der Waals surface area contributed by atoms with E-state index in [1.165, 1.54) is 10.9 Å². The lowest BCUT2D eigenvalue weighted by molar-refractivity contribution is -0.134. The summed E-state index contributed by atoms with van der Waals surface area (Å²) in [4.78, 5) is 45.8. The third kappa shape index (κ3) is 11.7. The number of pyridine rings is 3. The minimum atomic E-state index is -1.26. The molecule has 0 saturated carbocycles. The van der Waals surface area contributed by atoms with Crippen LogP contribution < -0.4 is 11.5 Å². The molecular formula is C48H58IN11O4. The SMILES string of the molecule is C.C.CC(C)Cn1cnc2c(I)nc3ccccc3c21.CC(C)Cn1cnc2c(N)nc3ccccc3c21.CC(C)Cn1cnc2c(N)nc3ccccc3c21.O=C(O)/C=C\C(=O)O. The highest BCUT2D eigenvalue weighted by atomic mass is 127. The minimum absolute atomic E-state index is 0. The van der Waals surface area contributed by atoms with Crippen LogP contribution in [0.15, 0.2) is 104 Å². The first-order chi connectivity index (χ1) is 29.6. The van der Waals surface area contributed by atoms with Crippen molar-refractivity contribution in [2.75, 3.05) is 11.5 Å². The summed E-state index contributed by atoms with van der Waals surface area (Å²) in [6.07, 6.45) is 6.76. The number of hydrogen-bond donors (Lipinski definition) is 4. The van der Waals surface area contributed by atoms with Gasteiger partial charge in [0.1, 0.15) is 20.3 Å². The van der Waals surface area contributed by atoms with Crippen molar-refractivity contribution in [1.82, 2.24) is 43.6 Å². The number of carboxylic acid groups (broad SMARTS) is 2. The molecule has 0 radical (unpaired) electrons. The molecule has 15 nitrogen and oxygen atoms in total. The first kappa shape index (κ1) is 50.0. The van der Waals surface area contributed by atoms with Crippen molar-refractivity contribution in [1.29, 1.82) is 0 Å². The van der Waals surface area contributed by atoms with Crippen LogP contribution in [0.2, 0.25) is 0 Å². The molecular weight excluding hydrogens is 922 g/mol. The molecule has 6 N–H and O–H groups in total. The normalized spacial score (nSPS) is 11.1. The highest BCUT2D eigenvalue weighted by Gasteiger charge is 2.15. The molecule has 0 spiro atoms. The molecule has 9 aromatic rings. The molecule has 0 bridgehead atoms. The lowest BCUT2D eigenvalue weighted by atomic mass is 10.1. The van der Waals surface area contributed by atoms with E-state index in [1.54, 1.807) is 0 Å². The Morgan fingerprint density at radius 2 is 0.844 bits per heavy atom. The van der Waals surface area contributed by atoms with E-state index in [4.69, 9.17) is 21.7 Å². The summed E-state index contributed by atoms with van der Waals surface area (Å²) < 4.78 is 7.55. The number of nitrogen functional groups attached to an aromatic ring is 2. The van der Waals surface area contributed by atoms with E-state index in [-0.39, 0.29) is 14.9 Å². The van der Waals surface area contributed by atoms with Crippen LogP contribution in [0.25, 0.3) is 65.8 Å². The number of rotatable bonds is 8. The number of carboxylic acids is 2. The molecule has 0 aliphatic carbocycles. The Hall–Kier alpha value is -6.69. The van der Waals surface area contributed by atoms with Gasteiger partial charge in [0.25, 0.3) is 0 Å². The van der Waals surface area contributed by atoms with Gasteiger partial charge in [-0.05, 0) is 58.5 Å². The predicted molar refractivity (Wildman–Crippen MR) is 269 cm³/mol. The second kappa shape index (κ2) is 22.1. The standard InChI is InChI=1S/C14H14IN3.2C14H16N4.C4H4O4.2CH4/c3*1-9(2)7-18-8-16-12-13(18)10-5-3-4-6-11(10)17-14(12)15;5-3(6)1-2-4(7)8;;/h3-6,8-9H,7H2,1-2H3;2*3-6,8-9H,7H2,1-2H3,(H2,15,17);1-2H,(H,5,6)(H,7,8);2*1H4/b;;;2-1-;;. The third-order valence-electron chi connectivity index (χ3n) is 9.43. The Labute approximate surface area is 386 Å². The van der Waals surface area contributed by atoms with Gasteiger partial charge in [-0.3, -0.25) is 0 Å². The maximum absolute atomic E-state index is 9.55. The second-order valence-electron chi connectivity index (χ2n) is 15.9. The monoisotopic (exact) mass is 979 g/mol. The highest BCUT2D eigenvalue weighted by molar-refractivity contribution is 14.1. The molecule has 9 rings (SSSR count). The number of aromatic nitrogens is 9. The largest absolute Gasteiger partial charge is 0.478 e. The van der Waals surface area contributed by atoms with E-state index in [2.05, 4.69) is 138 Å². The van der Waals surface area contributed by atoms with Gasteiger partial charge in [-0.15, -0.1) is 0 Å². The van der Waals surface area contributed by atoms with Crippen molar-refractivity contribution >= 4 is 112 Å². The molecule has 0 unspecified atom stereocenters. The topological polar surface area (TPSA) is 219 Å². The van der Waals surface area contributed by atoms with E-state index in [0.717, 1.165) is 78.2 Å². The summed E-state index contributed by atoms with van der Waals surface area (Å²) in [5, 5.41) is 19.0. The molecule has 64 heavy (non-hydrogen) atoms. The number of benzene rings is 3. The van der Waals surface area contributed by atoms with E-state index in [9.17, 15) is 9.59 Å². The number of nitrogens with two attached hydrogens (primary N) is 2. The van der Waals surface area contributed by atoms with Crippen molar-refractivity contribution in [3.8, 4) is 0 Å². The molecule has 0 saturated heterocycles. The summed E-state index contributed by atoms with van der Waals surface area (Å²) in [7, 11) is 0. The third-order valence-corrected chi connectivity index (χ3v) is 10.2. The zero-order chi connectivity index (χ0) is 44.7. The van der Waals surface area contributed by atoms with Crippen LogP contribution in [-0.2, 0) is 29.2 Å². The Bertz CT molecular complexity index is 2740. The summed E-state index contributed by atoms with van der Waals surface area (Å²) in [6, 6.07) is 24.4. The van der Waals surface area contributed by atoms with Gasteiger partial charge in [0.2, 0.25) is 0 Å². The Balaban J connectivity index is 0.000000192. The van der Waals surface area contributed by atoms with Crippen LogP contribution in [-0.4, -0.2) is 65.8 Å². The van der Waals surface area contributed by atoms with Crippen molar-refractivity contribution in [3.63, 3.8) is 0 Å². The lowest BCUT2D eigenvalue weighted by Gasteiger charge is -2.09. The molecule has 0 aliphatic rings. The van der Waals surface area contributed by atoms with Crippen molar-refractivity contribution < 1.29 is 19.8 Å². The zero-order valence-electron chi connectivity index (χ0n) is 35.4. The number of hydrogen-bond acceptors (Lipinski definition) is 10. The van der Waals surface area contributed by atoms with Gasteiger partial charge >= 0.3 is 11.9 Å². The van der Waals surface area contributed by atoms with Crippen molar-refractivity contribution in [2.24, 2.45) is 17.8 Å². The van der Waals surface area contributed by atoms with Gasteiger partial charge in [-0.25, -0.2) is 39.5 Å². The van der Waals surface area contributed by atoms with Crippen LogP contribution in [0, 0.1) is 21.5 Å². The maximum Gasteiger partial charge on any atom is 0.328 e. The number of carbonyl (C=O) groups is 2. The van der Waals surface area contributed by atoms with Crippen LogP contribution in [0.1, 0.15) is 56.4 Å². The van der Waals surface area contributed by atoms with Crippen LogP contribution in [0.5, 0.6) is 0 Å². The number of halogens is 1. The summed E-state index contributed by atoms with van der Waals surface area (Å²) in [5.41, 5.74) is 20.8. The first-order valence-corrected chi connectivity index (χ1v) is 21.2. The molecule has 336 valence electrons. The van der Waals surface area contributed by atoms with Crippen LogP contribution >= 0.6 is 22.6 Å². The van der Waals surface area contributed by atoms with Crippen LogP contribution in [0.3, 0.4) is 0 Å². The molecule has 6 aromatic heterocycles. The summed E-state index contributed by atoms with van der Waals surface area (Å²) in [5.74, 6) is 0.232. The molecule has 16 heteroatoms. The number of para-hydroxylation sites is 3. The minimum Gasteiger partial charge on any atom is -0.478 e. The van der Waals surface area contributed by atoms with Gasteiger partial charge in [-0.1, -0.05) is 111 Å². The number of anilines is 2. The highest BCUT2D eigenvalue weighted by Crippen LogP contribution is 2.30. The Morgan fingerprint density at radius 3 is 1.17 bits per heavy atom. The fraction of sp³-hybridized carbons (Fsp3) is 0.292. The second-order valence-corrected chi connectivity index (χ2v) is 16.9. The Morgan fingerprint density at radius 1 is 0.547 bits per heavy atom. The number of nitrogens with zero attached hydrogens (tertiary/aromatic N) is 9. The smallest absolute Gasteiger partial charge is 0.328 e. The van der Waals surface area contributed by atoms with Gasteiger partial charge in [0.05, 0.1) is 52.1 Å². The first-order valence-electron chi connectivity index (χ1n) is 20.1.